The van der Waals surface area contributed by atoms with Crippen molar-refractivity contribution in [2.75, 3.05) is 31.7 Å². The molecule has 0 spiro atoms. The van der Waals surface area contributed by atoms with E-state index in [1.165, 1.54) is 25.2 Å². The van der Waals surface area contributed by atoms with Crippen molar-refractivity contribution in [2.24, 2.45) is 0 Å². The lowest BCUT2D eigenvalue weighted by Gasteiger charge is -2.35. The second-order valence-electron chi connectivity index (χ2n) is 9.45. The van der Waals surface area contributed by atoms with Gasteiger partial charge in [0.2, 0.25) is 5.91 Å². The summed E-state index contributed by atoms with van der Waals surface area (Å²) in [5.41, 5.74) is 0.943. The van der Waals surface area contributed by atoms with Crippen molar-refractivity contribution in [1.82, 2.24) is 10.6 Å². The Bertz CT molecular complexity index is 1160. The predicted molar refractivity (Wildman–Crippen MR) is 160 cm³/mol. The Labute approximate surface area is 253 Å². The van der Waals surface area contributed by atoms with Crippen molar-refractivity contribution in [3.8, 4) is 10.4 Å². The van der Waals surface area contributed by atoms with Gasteiger partial charge in [0, 0.05) is 23.3 Å². The maximum Gasteiger partial charge on any atom is 0.488 e. The molecular formula is C28H40N3O9S2+. The fourth-order valence-electron chi connectivity index (χ4n) is 3.89. The summed E-state index contributed by atoms with van der Waals surface area (Å²) < 4.78 is 11.2. The number of nitrogens with one attached hydrogen (secondary N) is 2. The number of thioether (sulfide) groups is 1. The number of carbonyl (C=O) groups is 3. The molecule has 0 aliphatic carbocycles. The summed E-state index contributed by atoms with van der Waals surface area (Å²) in [5.74, 6) is -0.573. The number of hydrogen-bond donors (Lipinski definition) is 5. The van der Waals surface area contributed by atoms with Crippen molar-refractivity contribution in [3.05, 3.63) is 52.2 Å². The van der Waals surface area contributed by atoms with Gasteiger partial charge in [0.15, 0.2) is 7.05 Å². The molecule has 1 aromatic carbocycles. The molecule has 6 atom stereocenters. The molecule has 0 aliphatic heterocycles. The van der Waals surface area contributed by atoms with Crippen LogP contribution in [0.3, 0.4) is 0 Å². The number of amides is 3. The third-order valence-corrected chi connectivity index (χ3v) is 8.15. The topological polar surface area (TPSA) is 174 Å². The van der Waals surface area contributed by atoms with Gasteiger partial charge in [0.25, 0.3) is 12.2 Å². The second kappa shape index (κ2) is 18.1. The van der Waals surface area contributed by atoms with Crippen LogP contribution in [0.5, 0.6) is 0 Å². The van der Waals surface area contributed by atoms with E-state index < -0.39 is 61.0 Å². The zero-order valence-electron chi connectivity index (χ0n) is 24.1. The van der Waals surface area contributed by atoms with Crippen LogP contribution in [0, 0.1) is 4.91 Å². The van der Waals surface area contributed by atoms with Gasteiger partial charge in [-0.05, 0) is 42.5 Å². The zero-order chi connectivity index (χ0) is 31.2. The van der Waals surface area contributed by atoms with E-state index in [-0.39, 0.29) is 11.4 Å². The van der Waals surface area contributed by atoms with E-state index in [1.807, 2.05) is 37.3 Å². The Morgan fingerprint density at radius 1 is 1.10 bits per heavy atom. The molecule has 14 heteroatoms. The molecule has 0 bridgehead atoms. The van der Waals surface area contributed by atoms with Gasteiger partial charge in [0.05, 0.1) is 34.5 Å². The van der Waals surface area contributed by atoms with E-state index in [0.29, 0.717) is 11.3 Å². The van der Waals surface area contributed by atoms with Crippen LogP contribution in [-0.2, 0) is 19.1 Å². The van der Waals surface area contributed by atoms with Gasteiger partial charge in [-0.1, -0.05) is 37.3 Å². The Morgan fingerprint density at radius 3 is 2.38 bits per heavy atom. The second-order valence-corrected chi connectivity index (χ2v) is 11.9. The molecule has 3 amide bonds. The summed E-state index contributed by atoms with van der Waals surface area (Å²) in [6.07, 6.45) is -7.70. The minimum Gasteiger partial charge on any atom is -0.391 e. The molecule has 2 aromatic rings. The number of aliphatic hydroxyl groups excluding tert-OH is 3. The molecule has 5 N–H and O–H groups in total. The molecule has 0 saturated heterocycles. The number of thiophene rings is 1. The summed E-state index contributed by atoms with van der Waals surface area (Å²) in [4.78, 5) is 50.3. The summed E-state index contributed by atoms with van der Waals surface area (Å²) in [6, 6.07) is 11.6. The summed E-state index contributed by atoms with van der Waals surface area (Å²) in [6.45, 7) is 4.10. The largest absolute Gasteiger partial charge is 0.488 e. The zero-order valence-corrected chi connectivity index (χ0v) is 25.7. The first-order valence-corrected chi connectivity index (χ1v) is 15.5. The van der Waals surface area contributed by atoms with Crippen LogP contribution in [0.2, 0.25) is 0 Å². The quantitative estimate of drug-likeness (QED) is 0.0928. The van der Waals surface area contributed by atoms with Gasteiger partial charge in [-0.2, -0.15) is 11.8 Å². The lowest BCUT2D eigenvalue weighted by atomic mass is 9.96. The third-order valence-electron chi connectivity index (χ3n) is 6.03. The van der Waals surface area contributed by atoms with Crippen LogP contribution in [0.15, 0.2) is 42.5 Å². The Kier molecular flexibility index (Phi) is 15.3. The van der Waals surface area contributed by atoms with Crippen molar-refractivity contribution in [3.63, 3.8) is 0 Å². The molecule has 0 fully saturated rings. The number of benzene rings is 1. The summed E-state index contributed by atoms with van der Waals surface area (Å²) >= 11 is 2.91. The number of ether oxygens (including phenoxy) is 2. The maximum absolute atomic E-state index is 12.8. The van der Waals surface area contributed by atoms with Gasteiger partial charge >= 0.3 is 5.91 Å². The first-order chi connectivity index (χ1) is 20.0. The van der Waals surface area contributed by atoms with Crippen LogP contribution in [0.25, 0.3) is 10.4 Å². The van der Waals surface area contributed by atoms with E-state index in [0.717, 1.165) is 29.0 Å². The Morgan fingerprint density at radius 2 is 1.79 bits per heavy atom. The lowest BCUT2D eigenvalue weighted by molar-refractivity contribution is -0.455. The summed E-state index contributed by atoms with van der Waals surface area (Å²) in [7, 11) is 0.957. The van der Waals surface area contributed by atoms with Crippen LogP contribution < -0.4 is 10.6 Å². The molecular weight excluding hydrogens is 586 g/mol. The van der Waals surface area contributed by atoms with Crippen LogP contribution in [0.4, 0.5) is 0 Å². The standard InChI is InChI=1S/C28H39N3O9S2/c1-5-41-15-9-14-39-28(27(37)31(4)38)40-25(23(17(2)32)30-18(3)33)24(35)20(34)16-29-26(36)22-13-12-21(42-22)19-10-7-6-8-11-19/h6-8,10-13,17,20,23-25,28,32,34-35H,5,9,14-16H2,1-4H3,(H-,29,30,33,36)/p+1. The van der Waals surface area contributed by atoms with Crippen molar-refractivity contribution >= 4 is 40.8 Å². The van der Waals surface area contributed by atoms with E-state index in [9.17, 15) is 34.6 Å². The van der Waals surface area contributed by atoms with Crippen molar-refractivity contribution in [1.29, 1.82) is 0 Å². The first kappa shape index (κ1) is 35.5. The van der Waals surface area contributed by atoms with Crippen molar-refractivity contribution < 1.29 is 43.9 Å². The molecule has 1 aromatic heterocycles. The fraction of sp³-hybridized carbons (Fsp3) is 0.536. The first-order valence-electron chi connectivity index (χ1n) is 13.5. The molecule has 12 nitrogen and oxygen atoms in total. The summed E-state index contributed by atoms with van der Waals surface area (Å²) in [5, 5.41) is 37.3. The number of aliphatic hydroxyl groups is 3. The molecule has 0 saturated carbocycles. The lowest BCUT2D eigenvalue weighted by Crippen LogP contribution is -2.60. The highest BCUT2D eigenvalue weighted by atomic mass is 32.2. The maximum atomic E-state index is 12.8. The number of carbonyl (C=O) groups excluding carboxylic acids is 3. The van der Waals surface area contributed by atoms with E-state index in [4.69, 9.17) is 9.47 Å². The van der Waals surface area contributed by atoms with E-state index in [2.05, 4.69) is 10.6 Å². The van der Waals surface area contributed by atoms with Gasteiger partial charge in [-0.3, -0.25) is 9.59 Å². The molecule has 42 heavy (non-hydrogen) atoms. The number of rotatable bonds is 18. The minimum atomic E-state index is -1.84. The van der Waals surface area contributed by atoms with Crippen molar-refractivity contribution in [2.45, 2.75) is 63.9 Å². The highest BCUT2D eigenvalue weighted by Gasteiger charge is 2.43. The Hall–Kier alpha value is -2.72. The normalized spacial score (nSPS) is 15.6. The highest BCUT2D eigenvalue weighted by molar-refractivity contribution is 7.99. The highest BCUT2D eigenvalue weighted by Crippen LogP contribution is 2.27. The van der Waals surface area contributed by atoms with Crippen LogP contribution >= 0.6 is 23.1 Å². The smallest absolute Gasteiger partial charge is 0.391 e. The predicted octanol–water partition coefficient (Wildman–Crippen LogP) is 1.56. The van der Waals surface area contributed by atoms with E-state index >= 15 is 0 Å². The molecule has 0 aliphatic rings. The van der Waals surface area contributed by atoms with Gasteiger partial charge < -0.3 is 35.4 Å². The molecule has 6 unspecified atom stereocenters. The Balaban J connectivity index is 2.19. The molecule has 2 rings (SSSR count). The van der Waals surface area contributed by atoms with Crippen LogP contribution in [0.1, 0.15) is 36.9 Å². The number of likely N-dealkylation sites (N-methyl/N-ethyl adjacent to an activating group) is 1. The average molecular weight is 627 g/mol. The fourth-order valence-corrected chi connectivity index (χ4v) is 5.43. The number of hydrogen-bond acceptors (Lipinski definition) is 11. The SMILES string of the molecule is CCSCCCOC(OC(C(O)C(O)CNC(=O)c1ccc(-c2ccccc2)s1)C(NC(C)=O)C(C)O)C(=O)[N+](C)=O. The molecule has 0 radical (unpaired) electrons. The molecule has 232 valence electrons. The van der Waals surface area contributed by atoms with E-state index in [1.54, 1.807) is 23.9 Å². The van der Waals surface area contributed by atoms with Gasteiger partial charge in [0.1, 0.15) is 12.2 Å². The van der Waals surface area contributed by atoms with Gasteiger partial charge in [-0.25, -0.2) is 4.79 Å². The number of nitroso groups, excluding NO2 is 1. The number of nitrogens with zero attached hydrogens (tertiary/aromatic N) is 1. The minimum absolute atomic E-state index is 0.00602. The average Bonchev–Trinajstić information content (AvgIpc) is 3.46. The monoisotopic (exact) mass is 626 g/mol. The van der Waals surface area contributed by atoms with Gasteiger partial charge in [-0.15, -0.1) is 11.3 Å². The third kappa shape index (κ3) is 11.2. The van der Waals surface area contributed by atoms with Crippen LogP contribution in [-0.4, -0.2) is 106 Å². The molecule has 1 heterocycles.